The van der Waals surface area contributed by atoms with E-state index >= 15 is 0 Å². The van der Waals surface area contributed by atoms with E-state index in [1.807, 2.05) is 6.08 Å². The van der Waals surface area contributed by atoms with E-state index in [0.29, 0.717) is 5.57 Å². The molecule has 0 rings (SSSR count). The van der Waals surface area contributed by atoms with Gasteiger partial charge in [0.2, 0.25) is 0 Å². The van der Waals surface area contributed by atoms with Gasteiger partial charge in [0.1, 0.15) is 0 Å². The molecule has 0 aromatic carbocycles. The van der Waals surface area contributed by atoms with E-state index in [-0.39, 0.29) is 5.97 Å². The number of hydrogen-bond acceptors (Lipinski definition) is 2. The minimum absolute atomic E-state index is 0.333. The van der Waals surface area contributed by atoms with E-state index in [0.717, 1.165) is 19.3 Å². The van der Waals surface area contributed by atoms with Gasteiger partial charge in [-0.25, -0.2) is 4.79 Å². The average Bonchev–Trinajstić information content (AvgIpc) is 2.33. The second-order valence-corrected chi connectivity index (χ2v) is 4.46. The van der Waals surface area contributed by atoms with Gasteiger partial charge in [-0.2, -0.15) is 0 Å². The lowest BCUT2D eigenvalue weighted by molar-refractivity contribution is -0.135. The van der Waals surface area contributed by atoms with Gasteiger partial charge in [-0.1, -0.05) is 42.0 Å². The Hall–Kier alpha value is -1.57. The zero-order valence-corrected chi connectivity index (χ0v) is 12.0. The molecule has 0 aliphatic carbocycles. The predicted molar refractivity (Wildman–Crippen MR) is 77.3 cm³/mol. The van der Waals surface area contributed by atoms with Gasteiger partial charge < -0.3 is 4.74 Å². The van der Waals surface area contributed by atoms with Gasteiger partial charge >= 0.3 is 5.97 Å². The first-order chi connectivity index (χ1) is 8.51. The molecule has 0 saturated heterocycles. The molecule has 0 radical (unpaired) electrons. The van der Waals surface area contributed by atoms with Gasteiger partial charge in [0.05, 0.1) is 12.7 Å². The summed E-state index contributed by atoms with van der Waals surface area (Å²) in [5.74, 6) is -0.333. The number of carbonyl (C=O) groups is 1. The van der Waals surface area contributed by atoms with Crippen molar-refractivity contribution in [2.75, 3.05) is 7.11 Å². The molecule has 100 valence electrons. The third-order valence-corrected chi connectivity index (χ3v) is 2.54. The Morgan fingerprint density at radius 1 is 1.17 bits per heavy atom. The molecular weight excluding hydrogens is 224 g/mol. The standard InChI is InChI=1S/C16H24O2/c1-6-15(16(17)18-5)12-8-11-14(4)10-7-9-13(2)3/h6,9,11-12H,1,7-8,10H2,2-5H3. The average molecular weight is 248 g/mol. The molecule has 0 atom stereocenters. The molecule has 0 aliphatic rings. The largest absolute Gasteiger partial charge is 0.465 e. The fourth-order valence-electron chi connectivity index (χ4n) is 1.45. The summed E-state index contributed by atoms with van der Waals surface area (Å²) in [6.45, 7) is 9.92. The highest BCUT2D eigenvalue weighted by atomic mass is 16.5. The van der Waals surface area contributed by atoms with Crippen molar-refractivity contribution in [2.45, 2.75) is 40.0 Å². The van der Waals surface area contributed by atoms with Crippen LogP contribution >= 0.6 is 0 Å². The molecule has 0 aromatic rings. The molecule has 0 amide bonds. The van der Waals surface area contributed by atoms with Crippen molar-refractivity contribution in [3.05, 3.63) is 47.6 Å². The van der Waals surface area contributed by atoms with Gasteiger partial charge in [-0.3, -0.25) is 0 Å². The number of rotatable bonds is 7. The third-order valence-electron chi connectivity index (χ3n) is 2.54. The van der Waals surface area contributed by atoms with Gasteiger partial charge in [0.15, 0.2) is 0 Å². The second kappa shape index (κ2) is 9.46. The van der Waals surface area contributed by atoms with Crippen LogP contribution in [0.3, 0.4) is 0 Å². The first-order valence-electron chi connectivity index (χ1n) is 6.21. The zero-order valence-electron chi connectivity index (χ0n) is 12.0. The molecule has 18 heavy (non-hydrogen) atoms. The molecule has 0 aliphatic heterocycles. The third kappa shape index (κ3) is 7.66. The number of ether oxygens (including phenoxy) is 1. The highest BCUT2D eigenvalue weighted by Gasteiger charge is 2.02. The SMILES string of the molecule is C=CC(=CCC=C(C)CCC=C(C)C)C(=O)OC. The number of methoxy groups -OCH3 is 1. The Kier molecular flexibility index (Phi) is 8.63. The van der Waals surface area contributed by atoms with Crippen molar-refractivity contribution in [3.63, 3.8) is 0 Å². The first-order valence-corrected chi connectivity index (χ1v) is 6.21. The van der Waals surface area contributed by atoms with Gasteiger partial charge in [0.25, 0.3) is 0 Å². The van der Waals surface area contributed by atoms with Crippen molar-refractivity contribution in [1.82, 2.24) is 0 Å². The van der Waals surface area contributed by atoms with Gasteiger partial charge in [0, 0.05) is 0 Å². The maximum absolute atomic E-state index is 11.3. The molecule has 0 N–H and O–H groups in total. The van der Waals surface area contributed by atoms with Crippen molar-refractivity contribution >= 4 is 5.97 Å². The topological polar surface area (TPSA) is 26.3 Å². The summed E-state index contributed by atoms with van der Waals surface area (Å²) in [6.07, 6.45) is 10.6. The van der Waals surface area contributed by atoms with Crippen molar-refractivity contribution in [3.8, 4) is 0 Å². The molecule has 0 saturated carbocycles. The van der Waals surface area contributed by atoms with Crippen LogP contribution in [0.25, 0.3) is 0 Å². The van der Waals surface area contributed by atoms with Crippen LogP contribution < -0.4 is 0 Å². The van der Waals surface area contributed by atoms with Gasteiger partial charge in [-0.05, 0) is 40.0 Å². The summed E-state index contributed by atoms with van der Waals surface area (Å²) in [5, 5.41) is 0. The Bertz CT molecular complexity index is 367. The summed E-state index contributed by atoms with van der Waals surface area (Å²) in [6, 6.07) is 0. The highest BCUT2D eigenvalue weighted by molar-refractivity contribution is 5.91. The number of allylic oxidation sites excluding steroid dienone is 5. The quantitative estimate of drug-likeness (QED) is 0.290. The van der Waals surface area contributed by atoms with Crippen LogP contribution in [-0.4, -0.2) is 13.1 Å². The monoisotopic (exact) mass is 248 g/mol. The van der Waals surface area contributed by atoms with E-state index in [2.05, 4.69) is 44.2 Å². The molecule has 2 nitrogen and oxygen atoms in total. The predicted octanol–water partition coefficient (Wildman–Crippen LogP) is 4.35. The maximum Gasteiger partial charge on any atom is 0.337 e. The minimum Gasteiger partial charge on any atom is -0.465 e. The van der Waals surface area contributed by atoms with Crippen molar-refractivity contribution in [2.24, 2.45) is 0 Å². The molecule has 0 spiro atoms. The van der Waals surface area contributed by atoms with Crippen LogP contribution in [0.15, 0.2) is 47.6 Å². The van der Waals surface area contributed by atoms with E-state index < -0.39 is 0 Å². The zero-order chi connectivity index (χ0) is 14.0. The van der Waals surface area contributed by atoms with Crippen LogP contribution in [0.5, 0.6) is 0 Å². The van der Waals surface area contributed by atoms with Crippen LogP contribution in [-0.2, 0) is 9.53 Å². The Labute approximate surface area is 111 Å². The summed E-state index contributed by atoms with van der Waals surface area (Å²) in [7, 11) is 1.38. The molecule has 0 bridgehead atoms. The Morgan fingerprint density at radius 2 is 1.83 bits per heavy atom. The van der Waals surface area contributed by atoms with E-state index in [1.165, 1.54) is 24.3 Å². The Balaban J connectivity index is 4.28. The lowest BCUT2D eigenvalue weighted by Gasteiger charge is -2.00. The summed E-state index contributed by atoms with van der Waals surface area (Å²) in [5.41, 5.74) is 3.20. The summed E-state index contributed by atoms with van der Waals surface area (Å²) >= 11 is 0. The molecular formula is C16H24O2. The van der Waals surface area contributed by atoms with Crippen molar-refractivity contribution in [1.29, 1.82) is 0 Å². The lowest BCUT2D eigenvalue weighted by Crippen LogP contribution is -2.01. The Morgan fingerprint density at radius 3 is 2.33 bits per heavy atom. The minimum atomic E-state index is -0.333. The fourth-order valence-corrected chi connectivity index (χ4v) is 1.45. The van der Waals surface area contributed by atoms with Crippen LogP contribution in [0.1, 0.15) is 40.0 Å². The van der Waals surface area contributed by atoms with E-state index in [4.69, 9.17) is 0 Å². The molecule has 0 aromatic heterocycles. The van der Waals surface area contributed by atoms with E-state index in [1.54, 1.807) is 0 Å². The van der Waals surface area contributed by atoms with Gasteiger partial charge in [-0.15, -0.1) is 0 Å². The first kappa shape index (κ1) is 16.4. The lowest BCUT2D eigenvalue weighted by atomic mass is 10.1. The molecule has 0 unspecified atom stereocenters. The number of carbonyl (C=O) groups excluding carboxylic acids is 1. The molecule has 0 fully saturated rings. The summed E-state index contributed by atoms with van der Waals surface area (Å²) in [4.78, 5) is 11.3. The summed E-state index contributed by atoms with van der Waals surface area (Å²) < 4.78 is 4.65. The smallest absolute Gasteiger partial charge is 0.337 e. The molecule has 0 heterocycles. The normalized spacial score (nSPS) is 12.0. The van der Waals surface area contributed by atoms with Crippen LogP contribution in [0.2, 0.25) is 0 Å². The maximum atomic E-state index is 11.3. The van der Waals surface area contributed by atoms with Crippen LogP contribution in [0.4, 0.5) is 0 Å². The second-order valence-electron chi connectivity index (χ2n) is 4.46. The number of hydrogen-bond donors (Lipinski definition) is 0. The molecule has 2 heteroatoms. The van der Waals surface area contributed by atoms with Crippen molar-refractivity contribution < 1.29 is 9.53 Å². The van der Waals surface area contributed by atoms with E-state index in [9.17, 15) is 4.79 Å². The van der Waals surface area contributed by atoms with Crippen LogP contribution in [0, 0.1) is 0 Å². The fraction of sp³-hybridized carbons (Fsp3) is 0.438. The highest BCUT2D eigenvalue weighted by Crippen LogP contribution is 2.09. The number of esters is 1.